The first-order chi connectivity index (χ1) is 8.72. The molecule has 0 aromatic heterocycles. The zero-order valence-corrected chi connectivity index (χ0v) is 10.1. The molecule has 2 atom stereocenters. The normalized spacial score (nSPS) is 26.9. The maximum Gasteiger partial charge on any atom is 0.332 e. The van der Waals surface area contributed by atoms with Crippen LogP contribution in [-0.4, -0.2) is 42.6 Å². The van der Waals surface area contributed by atoms with E-state index in [1.54, 1.807) is 24.1 Å². The molecule has 0 N–H and O–H groups in total. The van der Waals surface area contributed by atoms with Crippen LogP contribution in [0.15, 0.2) is 30.3 Å². The molecule has 5 nitrogen and oxygen atoms in total. The molecule has 18 heavy (non-hydrogen) atoms. The molecule has 1 aromatic rings. The van der Waals surface area contributed by atoms with Crippen molar-refractivity contribution in [2.75, 3.05) is 18.6 Å². The molecule has 2 heterocycles. The first-order valence-electron chi connectivity index (χ1n) is 5.95. The molecule has 2 saturated heterocycles. The van der Waals surface area contributed by atoms with Crippen LogP contribution in [-0.2, 0) is 9.53 Å². The lowest BCUT2D eigenvalue weighted by atomic mass is 10.2. The lowest BCUT2D eigenvalue weighted by Crippen LogP contribution is -2.35. The number of nitrogens with zero attached hydrogens (tertiary/aromatic N) is 2. The molecular formula is C13H14N2O3. The van der Waals surface area contributed by atoms with E-state index in [0.717, 1.165) is 0 Å². The van der Waals surface area contributed by atoms with Gasteiger partial charge in [-0.1, -0.05) is 18.2 Å². The number of urea groups is 1. The lowest BCUT2D eigenvalue weighted by Gasteiger charge is -2.17. The summed E-state index contributed by atoms with van der Waals surface area (Å²) < 4.78 is 5.22. The molecule has 0 spiro atoms. The van der Waals surface area contributed by atoms with Crippen LogP contribution in [0.3, 0.4) is 0 Å². The van der Waals surface area contributed by atoms with Crippen molar-refractivity contribution in [1.29, 1.82) is 0 Å². The minimum Gasteiger partial charge on any atom is -0.380 e. The molecule has 94 valence electrons. The van der Waals surface area contributed by atoms with Gasteiger partial charge in [0.25, 0.3) is 5.91 Å². The molecule has 0 bridgehead atoms. The zero-order chi connectivity index (χ0) is 12.7. The van der Waals surface area contributed by atoms with Crippen molar-refractivity contribution in [1.82, 2.24) is 4.90 Å². The second-order valence-corrected chi connectivity index (χ2v) is 4.55. The summed E-state index contributed by atoms with van der Waals surface area (Å²) in [4.78, 5) is 27.4. The second-order valence-electron chi connectivity index (χ2n) is 4.55. The van der Waals surface area contributed by atoms with Gasteiger partial charge in [0, 0.05) is 20.1 Å². The first kappa shape index (κ1) is 11.2. The van der Waals surface area contributed by atoms with Crippen LogP contribution in [0.5, 0.6) is 0 Å². The predicted molar refractivity (Wildman–Crippen MR) is 65.2 cm³/mol. The number of benzene rings is 1. The molecule has 2 aliphatic heterocycles. The number of methoxy groups -OCH3 is 1. The average molecular weight is 246 g/mol. The minimum absolute atomic E-state index is 0.0270. The van der Waals surface area contributed by atoms with Crippen molar-refractivity contribution in [3.63, 3.8) is 0 Å². The number of para-hydroxylation sites is 1. The van der Waals surface area contributed by atoms with E-state index in [1.165, 1.54) is 4.90 Å². The molecule has 5 heteroatoms. The number of rotatable bonds is 2. The quantitative estimate of drug-likeness (QED) is 0.738. The van der Waals surface area contributed by atoms with Crippen molar-refractivity contribution >= 4 is 17.6 Å². The summed E-state index contributed by atoms with van der Waals surface area (Å²) in [5.74, 6) is -0.147. The number of anilines is 1. The van der Waals surface area contributed by atoms with E-state index >= 15 is 0 Å². The molecule has 3 amide bonds. The molecule has 0 aliphatic carbocycles. The van der Waals surface area contributed by atoms with E-state index in [4.69, 9.17) is 4.74 Å². The maximum atomic E-state index is 12.3. The minimum atomic E-state index is -0.359. The lowest BCUT2D eigenvalue weighted by molar-refractivity contribution is -0.119. The highest BCUT2D eigenvalue weighted by molar-refractivity contribution is 6.21. The van der Waals surface area contributed by atoms with Gasteiger partial charge >= 0.3 is 6.03 Å². The molecule has 3 rings (SSSR count). The first-order valence-corrected chi connectivity index (χ1v) is 5.95. The van der Waals surface area contributed by atoms with Crippen LogP contribution in [0.4, 0.5) is 10.5 Å². The van der Waals surface area contributed by atoms with Gasteiger partial charge in [0.05, 0.1) is 11.8 Å². The number of carbonyl (C=O) groups is 2. The number of carbonyl (C=O) groups excluding carboxylic acids is 2. The summed E-state index contributed by atoms with van der Waals surface area (Å²) >= 11 is 0. The molecule has 2 fully saturated rings. The third kappa shape index (κ3) is 1.51. The highest BCUT2D eigenvalue weighted by Gasteiger charge is 2.51. The maximum absolute atomic E-state index is 12.3. The molecule has 1 aromatic carbocycles. The Bertz CT molecular complexity index is 464. The summed E-state index contributed by atoms with van der Waals surface area (Å²) in [7, 11) is 1.61. The Kier molecular flexibility index (Phi) is 2.56. The number of imide groups is 1. The standard InChI is InChI=1S/C13H14N2O3/c1-18-10-7-11-12(16)15(13(17)14(11)8-10)9-5-3-2-4-6-9/h2-6,10-11H,7-8H2,1H3. The number of amides is 3. The Labute approximate surface area is 105 Å². The van der Waals surface area contributed by atoms with E-state index in [1.807, 2.05) is 18.2 Å². The van der Waals surface area contributed by atoms with Gasteiger partial charge in [0.15, 0.2) is 0 Å². The van der Waals surface area contributed by atoms with Gasteiger partial charge < -0.3 is 9.64 Å². The van der Waals surface area contributed by atoms with Gasteiger partial charge in [-0.2, -0.15) is 0 Å². The zero-order valence-electron chi connectivity index (χ0n) is 10.1. The second kappa shape index (κ2) is 4.10. The molecule has 2 unspecified atom stereocenters. The Morgan fingerprint density at radius 3 is 2.56 bits per heavy atom. The SMILES string of the molecule is COC1CC2C(=O)N(c3ccccc3)C(=O)N2C1. The van der Waals surface area contributed by atoms with Crippen LogP contribution < -0.4 is 4.90 Å². The summed E-state index contributed by atoms with van der Waals surface area (Å²) in [6.07, 6.45) is 0.561. The van der Waals surface area contributed by atoms with E-state index in [-0.39, 0.29) is 24.1 Å². The summed E-state index contributed by atoms with van der Waals surface area (Å²) in [6, 6.07) is 8.43. The van der Waals surface area contributed by atoms with E-state index in [2.05, 4.69) is 0 Å². The highest BCUT2D eigenvalue weighted by atomic mass is 16.5. The van der Waals surface area contributed by atoms with Crippen molar-refractivity contribution in [3.05, 3.63) is 30.3 Å². The molecular weight excluding hydrogens is 232 g/mol. The van der Waals surface area contributed by atoms with Gasteiger partial charge in [0.1, 0.15) is 6.04 Å². The van der Waals surface area contributed by atoms with Crippen molar-refractivity contribution in [3.8, 4) is 0 Å². The van der Waals surface area contributed by atoms with Gasteiger partial charge in [-0.25, -0.2) is 9.69 Å². The van der Waals surface area contributed by atoms with Crippen LogP contribution in [0.25, 0.3) is 0 Å². The number of ether oxygens (including phenoxy) is 1. The third-order valence-corrected chi connectivity index (χ3v) is 3.55. The molecule has 0 saturated carbocycles. The molecule has 2 aliphatic rings. The average Bonchev–Trinajstić information content (AvgIpc) is 2.92. The van der Waals surface area contributed by atoms with Crippen molar-refractivity contribution < 1.29 is 14.3 Å². The Morgan fingerprint density at radius 1 is 1.22 bits per heavy atom. The van der Waals surface area contributed by atoms with Crippen LogP contribution >= 0.6 is 0 Å². The molecule has 0 radical (unpaired) electrons. The fourth-order valence-electron chi connectivity index (χ4n) is 2.60. The third-order valence-electron chi connectivity index (χ3n) is 3.55. The Hall–Kier alpha value is -1.88. The predicted octanol–water partition coefficient (Wildman–Crippen LogP) is 1.24. The Balaban J connectivity index is 1.89. The highest BCUT2D eigenvalue weighted by Crippen LogP contribution is 2.32. The topological polar surface area (TPSA) is 49.9 Å². The number of fused-ring (bicyclic) bond motifs is 1. The fraction of sp³-hybridized carbons (Fsp3) is 0.385. The van der Waals surface area contributed by atoms with Crippen LogP contribution in [0.2, 0.25) is 0 Å². The number of hydrogen-bond donors (Lipinski definition) is 0. The van der Waals surface area contributed by atoms with E-state index in [9.17, 15) is 9.59 Å². The monoisotopic (exact) mass is 246 g/mol. The smallest absolute Gasteiger partial charge is 0.332 e. The van der Waals surface area contributed by atoms with E-state index < -0.39 is 0 Å². The number of hydrogen-bond acceptors (Lipinski definition) is 3. The van der Waals surface area contributed by atoms with E-state index in [0.29, 0.717) is 18.7 Å². The van der Waals surface area contributed by atoms with Crippen LogP contribution in [0, 0.1) is 0 Å². The fourth-order valence-corrected chi connectivity index (χ4v) is 2.60. The largest absolute Gasteiger partial charge is 0.380 e. The van der Waals surface area contributed by atoms with Crippen LogP contribution in [0.1, 0.15) is 6.42 Å². The summed E-state index contributed by atoms with van der Waals surface area (Å²) in [6.45, 7) is 0.495. The van der Waals surface area contributed by atoms with Crippen molar-refractivity contribution in [2.24, 2.45) is 0 Å². The van der Waals surface area contributed by atoms with Gasteiger partial charge in [-0.15, -0.1) is 0 Å². The summed E-state index contributed by atoms with van der Waals surface area (Å²) in [5, 5.41) is 0. The Morgan fingerprint density at radius 2 is 1.94 bits per heavy atom. The van der Waals surface area contributed by atoms with Crippen molar-refractivity contribution in [2.45, 2.75) is 18.6 Å². The summed E-state index contributed by atoms with van der Waals surface area (Å²) in [5.41, 5.74) is 0.635. The van der Waals surface area contributed by atoms with Gasteiger partial charge in [0.2, 0.25) is 0 Å². The van der Waals surface area contributed by atoms with Gasteiger partial charge in [-0.05, 0) is 12.1 Å². The van der Waals surface area contributed by atoms with Gasteiger partial charge in [-0.3, -0.25) is 4.79 Å².